The predicted octanol–water partition coefficient (Wildman–Crippen LogP) is 4.46. The van der Waals surface area contributed by atoms with Gasteiger partial charge in [-0.1, -0.05) is 28.1 Å². The molecule has 0 bridgehead atoms. The van der Waals surface area contributed by atoms with Crippen LogP contribution in [0.2, 0.25) is 0 Å². The van der Waals surface area contributed by atoms with Gasteiger partial charge < -0.3 is 15.5 Å². The summed E-state index contributed by atoms with van der Waals surface area (Å²) in [4.78, 5) is 6.83. The van der Waals surface area contributed by atoms with Crippen LogP contribution in [0.3, 0.4) is 0 Å². The van der Waals surface area contributed by atoms with Crippen LogP contribution in [0.15, 0.2) is 51.2 Å². The fourth-order valence-electron chi connectivity index (χ4n) is 2.91. The number of halogens is 2. The Morgan fingerprint density at radius 1 is 1.28 bits per heavy atom. The van der Waals surface area contributed by atoms with Crippen molar-refractivity contribution in [2.45, 2.75) is 25.4 Å². The van der Waals surface area contributed by atoms with Crippen molar-refractivity contribution in [2.75, 3.05) is 25.0 Å². The van der Waals surface area contributed by atoms with Gasteiger partial charge in [0.05, 0.1) is 5.00 Å². The summed E-state index contributed by atoms with van der Waals surface area (Å²) in [7, 11) is 1.83. The van der Waals surface area contributed by atoms with Gasteiger partial charge in [0.1, 0.15) is 0 Å². The van der Waals surface area contributed by atoms with E-state index in [2.05, 4.69) is 72.2 Å². The van der Waals surface area contributed by atoms with E-state index in [1.165, 1.54) is 10.6 Å². The molecule has 1 fully saturated rings. The zero-order valence-corrected chi connectivity index (χ0v) is 19.0. The van der Waals surface area contributed by atoms with E-state index in [4.69, 9.17) is 0 Å². The first kappa shape index (κ1) is 20.5. The first-order valence-electron chi connectivity index (χ1n) is 8.24. The van der Waals surface area contributed by atoms with Gasteiger partial charge in [0.25, 0.3) is 0 Å². The van der Waals surface area contributed by atoms with Crippen LogP contribution in [0.5, 0.6) is 0 Å². The van der Waals surface area contributed by atoms with Crippen molar-refractivity contribution >= 4 is 62.2 Å². The molecule has 0 saturated carbocycles. The molecule has 0 spiro atoms. The first-order chi connectivity index (χ1) is 11.7. The summed E-state index contributed by atoms with van der Waals surface area (Å²) in [6, 6.07) is 13.1. The summed E-state index contributed by atoms with van der Waals surface area (Å²) in [5, 5.41) is 10.5. The number of anilines is 1. The van der Waals surface area contributed by atoms with Crippen molar-refractivity contribution < 1.29 is 0 Å². The van der Waals surface area contributed by atoms with E-state index in [-0.39, 0.29) is 24.0 Å². The van der Waals surface area contributed by atoms with E-state index in [0.717, 1.165) is 42.9 Å². The molecule has 0 radical (unpaired) electrons. The van der Waals surface area contributed by atoms with Crippen LogP contribution in [0.1, 0.15) is 18.4 Å². The highest BCUT2D eigenvalue weighted by Gasteiger charge is 2.20. The number of hydrogen-bond donors (Lipinski definition) is 2. The monoisotopic (exact) mass is 534 g/mol. The maximum atomic E-state index is 4.36. The molecule has 0 atom stereocenters. The molecule has 1 aliphatic rings. The van der Waals surface area contributed by atoms with Crippen molar-refractivity contribution in [2.24, 2.45) is 4.99 Å². The van der Waals surface area contributed by atoms with Crippen LogP contribution in [-0.2, 0) is 6.54 Å². The Balaban J connectivity index is 0.00000225. The van der Waals surface area contributed by atoms with Crippen LogP contribution in [0, 0.1) is 0 Å². The molecule has 0 unspecified atom stereocenters. The minimum absolute atomic E-state index is 0. The van der Waals surface area contributed by atoms with E-state index >= 15 is 0 Å². The lowest BCUT2D eigenvalue weighted by molar-refractivity contribution is 0.463. The second kappa shape index (κ2) is 10.4. The number of hydrogen-bond acceptors (Lipinski definition) is 3. The molecule has 25 heavy (non-hydrogen) atoms. The van der Waals surface area contributed by atoms with E-state index < -0.39 is 0 Å². The van der Waals surface area contributed by atoms with Gasteiger partial charge in [-0.3, -0.25) is 4.99 Å². The zero-order chi connectivity index (χ0) is 16.8. The molecule has 4 nitrogen and oxygen atoms in total. The van der Waals surface area contributed by atoms with Gasteiger partial charge in [0.2, 0.25) is 0 Å². The Morgan fingerprint density at radius 3 is 2.72 bits per heavy atom. The molecule has 1 aromatic carbocycles. The highest BCUT2D eigenvalue weighted by Crippen LogP contribution is 2.24. The fourth-order valence-corrected chi connectivity index (χ4v) is 4.15. The topological polar surface area (TPSA) is 39.7 Å². The third-order valence-corrected chi connectivity index (χ3v) is 5.65. The third kappa shape index (κ3) is 6.14. The smallest absolute Gasteiger partial charge is 0.191 e. The molecular weight excluding hydrogens is 511 g/mol. The molecular formula is C18H24BrIN4S. The quantitative estimate of drug-likeness (QED) is 0.345. The average molecular weight is 535 g/mol. The first-order valence-corrected chi connectivity index (χ1v) is 9.92. The largest absolute Gasteiger partial charge is 0.363 e. The molecule has 2 N–H and O–H groups in total. The molecule has 1 aromatic heterocycles. The van der Waals surface area contributed by atoms with Crippen LogP contribution >= 0.6 is 51.2 Å². The molecule has 0 amide bonds. The molecule has 3 rings (SSSR count). The third-order valence-electron chi connectivity index (χ3n) is 4.23. The molecule has 2 heterocycles. The minimum atomic E-state index is 0. The SMILES string of the molecule is CN=C(NCc1cccc(Br)c1)NC1CCN(c2cccs2)CC1.I. The second-order valence-corrected chi connectivity index (χ2v) is 7.75. The van der Waals surface area contributed by atoms with Crippen molar-refractivity contribution in [1.29, 1.82) is 0 Å². The minimum Gasteiger partial charge on any atom is -0.363 e. The fraction of sp³-hybridized carbons (Fsp3) is 0.389. The summed E-state index contributed by atoms with van der Waals surface area (Å²) >= 11 is 5.33. The van der Waals surface area contributed by atoms with E-state index in [0.29, 0.717) is 6.04 Å². The van der Waals surface area contributed by atoms with Crippen LogP contribution < -0.4 is 15.5 Å². The maximum Gasteiger partial charge on any atom is 0.191 e. The van der Waals surface area contributed by atoms with Gasteiger partial charge in [0.15, 0.2) is 5.96 Å². The van der Waals surface area contributed by atoms with E-state index in [9.17, 15) is 0 Å². The van der Waals surface area contributed by atoms with Crippen molar-refractivity contribution in [3.05, 3.63) is 51.8 Å². The van der Waals surface area contributed by atoms with Gasteiger partial charge in [-0.2, -0.15) is 0 Å². The van der Waals surface area contributed by atoms with Gasteiger partial charge in [-0.25, -0.2) is 0 Å². The number of piperidine rings is 1. The highest BCUT2D eigenvalue weighted by atomic mass is 127. The zero-order valence-electron chi connectivity index (χ0n) is 14.2. The maximum absolute atomic E-state index is 4.36. The highest BCUT2D eigenvalue weighted by molar-refractivity contribution is 14.0. The molecule has 0 aliphatic carbocycles. The summed E-state index contributed by atoms with van der Waals surface area (Å²) < 4.78 is 1.10. The predicted molar refractivity (Wildman–Crippen MR) is 122 cm³/mol. The Kier molecular flexibility index (Phi) is 8.51. The Bertz CT molecular complexity index is 669. The number of nitrogens with zero attached hydrogens (tertiary/aromatic N) is 2. The van der Waals surface area contributed by atoms with E-state index in [1.54, 1.807) is 0 Å². The Hall–Kier alpha value is -0.800. The summed E-state index contributed by atoms with van der Waals surface area (Å²) in [6.07, 6.45) is 2.27. The number of nitrogens with one attached hydrogen (secondary N) is 2. The molecule has 1 aliphatic heterocycles. The van der Waals surface area contributed by atoms with E-state index in [1.807, 2.05) is 24.5 Å². The number of guanidine groups is 1. The van der Waals surface area contributed by atoms with Gasteiger partial charge in [-0.05, 0) is 48.1 Å². The number of aliphatic imine (C=N–C) groups is 1. The molecule has 1 saturated heterocycles. The van der Waals surface area contributed by atoms with Crippen molar-refractivity contribution in [3.63, 3.8) is 0 Å². The van der Waals surface area contributed by atoms with Crippen LogP contribution in [-0.4, -0.2) is 32.1 Å². The number of thiophene rings is 1. The lowest BCUT2D eigenvalue weighted by Gasteiger charge is -2.33. The molecule has 7 heteroatoms. The average Bonchev–Trinajstić information content (AvgIpc) is 3.14. The number of benzene rings is 1. The van der Waals surface area contributed by atoms with Crippen LogP contribution in [0.4, 0.5) is 5.00 Å². The summed E-state index contributed by atoms with van der Waals surface area (Å²) in [5.74, 6) is 0.879. The van der Waals surface area contributed by atoms with Crippen molar-refractivity contribution in [3.8, 4) is 0 Å². The standard InChI is InChI=1S/C18H23BrN4S.HI/c1-20-18(21-13-14-4-2-5-15(19)12-14)22-16-7-9-23(10-8-16)17-6-3-11-24-17;/h2-6,11-12,16H,7-10,13H2,1H3,(H2,20,21,22);1H. The van der Waals surface area contributed by atoms with Crippen LogP contribution in [0.25, 0.3) is 0 Å². The summed E-state index contributed by atoms with van der Waals surface area (Å²) in [6.45, 7) is 2.97. The summed E-state index contributed by atoms with van der Waals surface area (Å²) in [5.41, 5.74) is 1.24. The Morgan fingerprint density at radius 2 is 2.08 bits per heavy atom. The second-order valence-electron chi connectivity index (χ2n) is 5.91. The Labute approximate surface area is 179 Å². The van der Waals surface area contributed by atoms with Gasteiger partial charge >= 0.3 is 0 Å². The van der Waals surface area contributed by atoms with Gasteiger partial charge in [0, 0.05) is 37.2 Å². The van der Waals surface area contributed by atoms with Gasteiger partial charge in [-0.15, -0.1) is 35.3 Å². The lowest BCUT2D eigenvalue weighted by Crippen LogP contribution is -2.48. The molecule has 2 aromatic rings. The lowest BCUT2D eigenvalue weighted by atomic mass is 10.1. The molecule has 136 valence electrons. The normalized spacial score (nSPS) is 15.6. The number of rotatable bonds is 4. The van der Waals surface area contributed by atoms with Crippen molar-refractivity contribution in [1.82, 2.24) is 10.6 Å².